The highest BCUT2D eigenvalue weighted by molar-refractivity contribution is 5.91. The number of amides is 1. The Labute approximate surface area is 150 Å². The number of nitrogens with one attached hydrogen (secondary N) is 1. The van der Waals surface area contributed by atoms with Gasteiger partial charge < -0.3 is 9.88 Å². The summed E-state index contributed by atoms with van der Waals surface area (Å²) in [5, 5.41) is 2.79. The fourth-order valence-corrected chi connectivity index (χ4v) is 3.00. The van der Waals surface area contributed by atoms with Crippen LogP contribution in [0.5, 0.6) is 0 Å². The number of para-hydroxylation sites is 2. The Morgan fingerprint density at radius 1 is 0.923 bits per heavy atom. The minimum absolute atomic E-state index is 0.216. The molecule has 0 aliphatic heterocycles. The summed E-state index contributed by atoms with van der Waals surface area (Å²) < 4.78 is 2.66. The lowest BCUT2D eigenvalue weighted by Crippen LogP contribution is -2.42. The molecule has 0 bridgehead atoms. The number of carbonyl (C=O) groups excluding carboxylic acids is 1. The van der Waals surface area contributed by atoms with Gasteiger partial charge in [-0.1, -0.05) is 18.2 Å². The third kappa shape index (κ3) is 3.18. The number of rotatable bonds is 4. The number of aryl methyl sites for hydroxylation is 3. The van der Waals surface area contributed by atoms with Crippen LogP contribution in [0.1, 0.15) is 18.1 Å². The van der Waals surface area contributed by atoms with E-state index in [1.165, 1.54) is 9.13 Å². The van der Waals surface area contributed by atoms with Gasteiger partial charge in [-0.05, 0) is 56.2 Å². The highest BCUT2D eigenvalue weighted by Gasteiger charge is 2.14. The van der Waals surface area contributed by atoms with Crippen LogP contribution in [-0.2, 0) is 17.9 Å². The molecule has 1 aromatic heterocycles. The van der Waals surface area contributed by atoms with Gasteiger partial charge >= 0.3 is 11.1 Å². The summed E-state index contributed by atoms with van der Waals surface area (Å²) >= 11 is 0. The van der Waals surface area contributed by atoms with Crippen LogP contribution in [0, 0.1) is 13.8 Å². The third-order valence-corrected chi connectivity index (χ3v) is 4.55. The van der Waals surface area contributed by atoms with Gasteiger partial charge in [-0.3, -0.25) is 19.0 Å². The molecule has 3 aromatic rings. The smallest absolute Gasteiger partial charge is 0.317 e. The normalized spacial score (nSPS) is 10.9. The van der Waals surface area contributed by atoms with E-state index >= 15 is 0 Å². The molecule has 0 radical (unpaired) electrons. The maximum Gasteiger partial charge on any atom is 0.317 e. The lowest BCUT2D eigenvalue weighted by Gasteiger charge is -2.14. The zero-order chi connectivity index (χ0) is 18.8. The molecule has 1 amide bonds. The third-order valence-electron chi connectivity index (χ3n) is 4.55. The van der Waals surface area contributed by atoms with Gasteiger partial charge in [0, 0.05) is 12.2 Å². The van der Waals surface area contributed by atoms with Crippen molar-refractivity contribution in [1.29, 1.82) is 0 Å². The molecule has 0 fully saturated rings. The molecule has 0 saturated heterocycles. The molecule has 6 nitrogen and oxygen atoms in total. The Balaban J connectivity index is 1.99. The molecule has 0 unspecified atom stereocenters. The van der Waals surface area contributed by atoms with Crippen molar-refractivity contribution in [1.82, 2.24) is 9.13 Å². The Bertz CT molecular complexity index is 1110. The molecule has 0 aliphatic rings. The van der Waals surface area contributed by atoms with Gasteiger partial charge in [-0.25, -0.2) is 0 Å². The van der Waals surface area contributed by atoms with E-state index in [0.717, 1.165) is 11.1 Å². The minimum atomic E-state index is -0.694. The largest absolute Gasteiger partial charge is 0.325 e. The van der Waals surface area contributed by atoms with Crippen LogP contribution >= 0.6 is 0 Å². The second kappa shape index (κ2) is 7.00. The number of aromatic nitrogens is 2. The van der Waals surface area contributed by atoms with Crippen LogP contribution in [0.2, 0.25) is 0 Å². The summed E-state index contributed by atoms with van der Waals surface area (Å²) in [5.74, 6) is -0.353. The average Bonchev–Trinajstić information content (AvgIpc) is 2.62. The van der Waals surface area contributed by atoms with Gasteiger partial charge in [0.1, 0.15) is 6.54 Å². The van der Waals surface area contributed by atoms with E-state index in [0.29, 0.717) is 23.3 Å². The van der Waals surface area contributed by atoms with Crippen molar-refractivity contribution in [3.05, 3.63) is 74.3 Å². The molecule has 3 rings (SSSR count). The number of nitrogens with zero attached hydrogens (tertiary/aromatic N) is 2. The Morgan fingerprint density at radius 2 is 1.54 bits per heavy atom. The van der Waals surface area contributed by atoms with Crippen LogP contribution in [0.3, 0.4) is 0 Å². The molecule has 1 heterocycles. The molecule has 6 heteroatoms. The van der Waals surface area contributed by atoms with Gasteiger partial charge in [-0.15, -0.1) is 0 Å². The van der Waals surface area contributed by atoms with E-state index < -0.39 is 11.1 Å². The molecule has 0 saturated carbocycles. The Kier molecular flexibility index (Phi) is 4.75. The van der Waals surface area contributed by atoms with Crippen LogP contribution in [0.4, 0.5) is 5.69 Å². The van der Waals surface area contributed by atoms with E-state index in [2.05, 4.69) is 5.32 Å². The average molecular weight is 351 g/mol. The van der Waals surface area contributed by atoms with E-state index in [1.807, 2.05) is 39.0 Å². The fourth-order valence-electron chi connectivity index (χ4n) is 3.00. The lowest BCUT2D eigenvalue weighted by atomic mass is 10.1. The first-order valence-electron chi connectivity index (χ1n) is 8.52. The zero-order valence-electron chi connectivity index (χ0n) is 15.1. The number of hydrogen-bond acceptors (Lipinski definition) is 3. The summed E-state index contributed by atoms with van der Waals surface area (Å²) in [5.41, 5.74) is 2.75. The van der Waals surface area contributed by atoms with E-state index in [1.54, 1.807) is 24.3 Å². The monoisotopic (exact) mass is 351 g/mol. The standard InChI is InChI=1S/C20H21N3O3/c1-4-22-16-7-5-6-8-17(16)23(20(26)19(22)25)12-18(24)21-15-10-9-13(2)14(3)11-15/h5-11H,4,12H2,1-3H3,(H,21,24). The summed E-state index contributed by atoms with van der Waals surface area (Å²) in [7, 11) is 0. The summed E-state index contributed by atoms with van der Waals surface area (Å²) in [4.78, 5) is 37.3. The lowest BCUT2D eigenvalue weighted by molar-refractivity contribution is -0.116. The molecular weight excluding hydrogens is 330 g/mol. The molecule has 0 atom stereocenters. The van der Waals surface area contributed by atoms with Crippen molar-refractivity contribution in [2.45, 2.75) is 33.9 Å². The highest BCUT2D eigenvalue weighted by Crippen LogP contribution is 2.15. The van der Waals surface area contributed by atoms with Crippen molar-refractivity contribution in [3.63, 3.8) is 0 Å². The van der Waals surface area contributed by atoms with E-state index in [9.17, 15) is 14.4 Å². The van der Waals surface area contributed by atoms with Crippen molar-refractivity contribution in [2.24, 2.45) is 0 Å². The van der Waals surface area contributed by atoms with Gasteiger partial charge in [0.05, 0.1) is 11.0 Å². The first-order valence-corrected chi connectivity index (χ1v) is 8.52. The number of fused-ring (bicyclic) bond motifs is 1. The number of hydrogen-bond donors (Lipinski definition) is 1. The SMILES string of the molecule is CCn1c(=O)c(=O)n(CC(=O)Nc2ccc(C)c(C)c2)c2ccccc21. The second-order valence-corrected chi connectivity index (χ2v) is 6.28. The first kappa shape index (κ1) is 17.7. The van der Waals surface area contributed by atoms with Gasteiger partial charge in [0.25, 0.3) is 0 Å². The highest BCUT2D eigenvalue weighted by atomic mass is 16.2. The maximum absolute atomic E-state index is 12.5. The van der Waals surface area contributed by atoms with Gasteiger partial charge in [0.15, 0.2) is 0 Å². The number of benzene rings is 2. The van der Waals surface area contributed by atoms with Crippen LogP contribution in [0.15, 0.2) is 52.1 Å². The van der Waals surface area contributed by atoms with Crippen molar-refractivity contribution >= 4 is 22.6 Å². The molecule has 0 spiro atoms. The van der Waals surface area contributed by atoms with E-state index in [-0.39, 0.29) is 12.5 Å². The molecule has 1 N–H and O–H groups in total. The number of carbonyl (C=O) groups is 1. The van der Waals surface area contributed by atoms with Crippen LogP contribution in [-0.4, -0.2) is 15.0 Å². The van der Waals surface area contributed by atoms with E-state index in [4.69, 9.17) is 0 Å². The Hall–Kier alpha value is -3.15. The van der Waals surface area contributed by atoms with Crippen molar-refractivity contribution in [2.75, 3.05) is 5.32 Å². The second-order valence-electron chi connectivity index (χ2n) is 6.28. The summed E-state index contributed by atoms with van der Waals surface area (Å²) in [6, 6.07) is 12.7. The van der Waals surface area contributed by atoms with Crippen LogP contribution < -0.4 is 16.4 Å². The van der Waals surface area contributed by atoms with Crippen LogP contribution in [0.25, 0.3) is 11.0 Å². The zero-order valence-corrected chi connectivity index (χ0v) is 15.1. The van der Waals surface area contributed by atoms with Crippen molar-refractivity contribution in [3.8, 4) is 0 Å². The minimum Gasteiger partial charge on any atom is -0.325 e. The van der Waals surface area contributed by atoms with Gasteiger partial charge in [-0.2, -0.15) is 0 Å². The summed E-state index contributed by atoms with van der Waals surface area (Å²) in [6.07, 6.45) is 0. The quantitative estimate of drug-likeness (QED) is 0.734. The summed E-state index contributed by atoms with van der Waals surface area (Å²) in [6.45, 7) is 5.95. The molecule has 0 aliphatic carbocycles. The Morgan fingerprint density at radius 3 is 2.15 bits per heavy atom. The molecular formula is C20H21N3O3. The fraction of sp³-hybridized carbons (Fsp3) is 0.250. The molecule has 134 valence electrons. The number of anilines is 1. The predicted molar refractivity (Wildman–Crippen MR) is 103 cm³/mol. The van der Waals surface area contributed by atoms with Gasteiger partial charge in [0.2, 0.25) is 5.91 Å². The molecule has 2 aromatic carbocycles. The topological polar surface area (TPSA) is 73.1 Å². The molecule has 26 heavy (non-hydrogen) atoms. The maximum atomic E-state index is 12.5. The predicted octanol–water partition coefficient (Wildman–Crippen LogP) is 2.44. The first-order chi connectivity index (χ1) is 12.4. The van der Waals surface area contributed by atoms with Crippen molar-refractivity contribution < 1.29 is 4.79 Å².